The minimum atomic E-state index is -1.43. The van der Waals surface area contributed by atoms with Crippen LogP contribution in [-0.2, 0) is 4.74 Å². The van der Waals surface area contributed by atoms with Crippen molar-refractivity contribution in [3.8, 4) is 0 Å². The summed E-state index contributed by atoms with van der Waals surface area (Å²) < 4.78 is 4.68. The van der Waals surface area contributed by atoms with Gasteiger partial charge in [-0.1, -0.05) is 0 Å². The Balaban J connectivity index is 2.63. The zero-order valence-electron chi connectivity index (χ0n) is 6.08. The molecule has 0 radical (unpaired) electrons. The molecule has 4 N–H and O–H groups in total. The van der Waals surface area contributed by atoms with Crippen LogP contribution >= 0.6 is 0 Å². The predicted molar refractivity (Wildman–Crippen MR) is 34.6 cm³/mol. The molecule has 1 fully saturated rings. The first-order valence-electron chi connectivity index (χ1n) is 3.41. The van der Waals surface area contributed by atoms with Crippen molar-refractivity contribution in [3.05, 3.63) is 0 Å². The monoisotopic (exact) mass is 164 g/mol. The molecule has 0 bridgehead atoms. The SMILES string of the molecule is C[C@H]1O[C@H](O)[C@H](O)[C@@H](O)[C@H]1O. The molecular weight excluding hydrogens is 152 g/mol. The highest BCUT2D eigenvalue weighted by Gasteiger charge is 2.40. The Hall–Kier alpha value is -0.200. The van der Waals surface area contributed by atoms with E-state index in [2.05, 4.69) is 4.74 Å². The topological polar surface area (TPSA) is 90.2 Å². The van der Waals surface area contributed by atoms with Gasteiger partial charge in [0.2, 0.25) is 0 Å². The standard InChI is InChI=1S/C6H12O5/c1-2-3(7)4(8)5(9)6(10)11-2/h2-10H,1H3/t2-,3+,4+,5-,6+/m1/s1. The Bertz CT molecular complexity index is 125. The maximum atomic E-state index is 9.09. The average Bonchev–Trinajstić information content (AvgIpc) is 1.97. The molecule has 5 atom stereocenters. The summed E-state index contributed by atoms with van der Waals surface area (Å²) in [7, 11) is 0. The second kappa shape index (κ2) is 3.04. The van der Waals surface area contributed by atoms with Gasteiger partial charge in [-0.25, -0.2) is 0 Å². The van der Waals surface area contributed by atoms with E-state index in [0.717, 1.165) is 0 Å². The van der Waals surface area contributed by atoms with Gasteiger partial charge < -0.3 is 25.2 Å². The van der Waals surface area contributed by atoms with Gasteiger partial charge in [0.05, 0.1) is 6.10 Å². The molecular formula is C6H12O5. The summed E-state index contributed by atoms with van der Waals surface area (Å²) in [6, 6.07) is 0. The Kier molecular flexibility index (Phi) is 2.46. The highest BCUT2D eigenvalue weighted by atomic mass is 16.6. The van der Waals surface area contributed by atoms with Gasteiger partial charge in [-0.05, 0) is 6.92 Å². The third kappa shape index (κ3) is 1.52. The predicted octanol–water partition coefficient (Wildman–Crippen LogP) is -2.19. The summed E-state index contributed by atoms with van der Waals surface area (Å²) in [5, 5.41) is 36.0. The average molecular weight is 164 g/mol. The first-order valence-corrected chi connectivity index (χ1v) is 3.41. The zero-order valence-corrected chi connectivity index (χ0v) is 6.08. The van der Waals surface area contributed by atoms with Gasteiger partial charge in [-0.2, -0.15) is 0 Å². The van der Waals surface area contributed by atoms with E-state index in [1.54, 1.807) is 0 Å². The second-order valence-electron chi connectivity index (χ2n) is 2.70. The van der Waals surface area contributed by atoms with Crippen LogP contribution in [-0.4, -0.2) is 51.1 Å². The van der Waals surface area contributed by atoms with Gasteiger partial charge in [0.1, 0.15) is 18.3 Å². The van der Waals surface area contributed by atoms with Crippen LogP contribution in [0.2, 0.25) is 0 Å². The van der Waals surface area contributed by atoms with E-state index < -0.39 is 30.7 Å². The third-order valence-electron chi connectivity index (χ3n) is 1.83. The van der Waals surface area contributed by atoms with Gasteiger partial charge in [-0.3, -0.25) is 0 Å². The van der Waals surface area contributed by atoms with E-state index in [9.17, 15) is 0 Å². The molecule has 66 valence electrons. The molecule has 1 aliphatic rings. The Morgan fingerprint density at radius 3 is 2.00 bits per heavy atom. The number of aliphatic hydroxyl groups is 4. The van der Waals surface area contributed by atoms with Crippen LogP contribution in [0, 0.1) is 0 Å². The van der Waals surface area contributed by atoms with E-state index in [1.165, 1.54) is 6.92 Å². The van der Waals surface area contributed by atoms with Crippen molar-refractivity contribution >= 4 is 0 Å². The maximum absolute atomic E-state index is 9.09. The van der Waals surface area contributed by atoms with Crippen LogP contribution < -0.4 is 0 Å². The summed E-state index contributed by atoms with van der Waals surface area (Å²) in [5.41, 5.74) is 0. The smallest absolute Gasteiger partial charge is 0.183 e. The van der Waals surface area contributed by atoms with Crippen molar-refractivity contribution in [1.29, 1.82) is 0 Å². The first kappa shape index (κ1) is 8.89. The normalized spacial score (nSPS) is 52.6. The zero-order chi connectivity index (χ0) is 8.59. The van der Waals surface area contributed by atoms with E-state index in [4.69, 9.17) is 20.4 Å². The molecule has 0 aromatic rings. The van der Waals surface area contributed by atoms with Crippen LogP contribution in [0.5, 0.6) is 0 Å². The molecule has 5 nitrogen and oxygen atoms in total. The summed E-state index contributed by atoms with van der Waals surface area (Å²) in [5.74, 6) is 0. The van der Waals surface area contributed by atoms with Crippen molar-refractivity contribution in [2.24, 2.45) is 0 Å². The largest absolute Gasteiger partial charge is 0.388 e. The van der Waals surface area contributed by atoms with Crippen molar-refractivity contribution < 1.29 is 25.2 Å². The molecule has 11 heavy (non-hydrogen) atoms. The lowest BCUT2D eigenvalue weighted by Crippen LogP contribution is -2.56. The Morgan fingerprint density at radius 1 is 0.909 bits per heavy atom. The number of hydrogen-bond donors (Lipinski definition) is 4. The second-order valence-corrected chi connectivity index (χ2v) is 2.70. The van der Waals surface area contributed by atoms with Gasteiger partial charge in [0, 0.05) is 0 Å². The number of ether oxygens (including phenoxy) is 1. The minimum Gasteiger partial charge on any atom is -0.388 e. The van der Waals surface area contributed by atoms with Crippen LogP contribution in [0.15, 0.2) is 0 Å². The van der Waals surface area contributed by atoms with Gasteiger partial charge >= 0.3 is 0 Å². The van der Waals surface area contributed by atoms with Crippen LogP contribution in [0.25, 0.3) is 0 Å². The molecule has 1 aliphatic heterocycles. The summed E-state index contributed by atoms with van der Waals surface area (Å²) in [6.45, 7) is 1.50. The van der Waals surface area contributed by atoms with Crippen molar-refractivity contribution in [3.63, 3.8) is 0 Å². The number of aliphatic hydroxyl groups excluding tert-OH is 4. The van der Waals surface area contributed by atoms with E-state index in [0.29, 0.717) is 0 Å². The molecule has 0 amide bonds. The fourth-order valence-electron chi connectivity index (χ4n) is 1.03. The molecule has 0 saturated carbocycles. The molecule has 0 unspecified atom stereocenters. The molecule has 1 saturated heterocycles. The van der Waals surface area contributed by atoms with Crippen molar-refractivity contribution in [2.75, 3.05) is 0 Å². The summed E-state index contributed by atoms with van der Waals surface area (Å²) >= 11 is 0. The molecule has 5 heteroatoms. The van der Waals surface area contributed by atoms with E-state index in [1.807, 2.05) is 0 Å². The highest BCUT2D eigenvalue weighted by molar-refractivity contribution is 4.86. The summed E-state index contributed by atoms with van der Waals surface area (Å²) in [6.07, 6.45) is -5.99. The number of rotatable bonds is 0. The lowest BCUT2D eigenvalue weighted by atomic mass is 10.0. The lowest BCUT2D eigenvalue weighted by Gasteiger charge is -2.36. The molecule has 0 aromatic heterocycles. The Morgan fingerprint density at radius 2 is 1.45 bits per heavy atom. The van der Waals surface area contributed by atoms with Crippen LogP contribution in [0.1, 0.15) is 6.92 Å². The van der Waals surface area contributed by atoms with Gasteiger partial charge in [0.15, 0.2) is 6.29 Å². The minimum absolute atomic E-state index is 0.664. The fraction of sp³-hybridized carbons (Fsp3) is 1.00. The van der Waals surface area contributed by atoms with Gasteiger partial charge in [-0.15, -0.1) is 0 Å². The highest BCUT2D eigenvalue weighted by Crippen LogP contribution is 2.18. The summed E-state index contributed by atoms with van der Waals surface area (Å²) in [4.78, 5) is 0. The van der Waals surface area contributed by atoms with Crippen molar-refractivity contribution in [1.82, 2.24) is 0 Å². The quantitative estimate of drug-likeness (QED) is 0.326. The Labute approximate surface area is 63.8 Å². The van der Waals surface area contributed by atoms with E-state index in [-0.39, 0.29) is 0 Å². The molecule has 0 aromatic carbocycles. The fourth-order valence-corrected chi connectivity index (χ4v) is 1.03. The molecule has 1 heterocycles. The van der Waals surface area contributed by atoms with Crippen LogP contribution in [0.3, 0.4) is 0 Å². The molecule has 1 rings (SSSR count). The number of hydrogen-bond acceptors (Lipinski definition) is 5. The van der Waals surface area contributed by atoms with Gasteiger partial charge in [0.25, 0.3) is 0 Å². The molecule has 0 aliphatic carbocycles. The first-order chi connectivity index (χ1) is 5.04. The third-order valence-corrected chi connectivity index (χ3v) is 1.83. The van der Waals surface area contributed by atoms with Crippen LogP contribution in [0.4, 0.5) is 0 Å². The van der Waals surface area contributed by atoms with Crippen molar-refractivity contribution in [2.45, 2.75) is 37.6 Å². The molecule has 0 spiro atoms. The maximum Gasteiger partial charge on any atom is 0.183 e. The lowest BCUT2D eigenvalue weighted by molar-refractivity contribution is -0.277. The van der Waals surface area contributed by atoms with E-state index >= 15 is 0 Å².